The fourth-order valence-electron chi connectivity index (χ4n) is 1.49. The fourth-order valence-corrected chi connectivity index (χ4v) is 3.07. The van der Waals surface area contributed by atoms with E-state index >= 15 is 0 Å². The van der Waals surface area contributed by atoms with Crippen molar-refractivity contribution in [2.45, 2.75) is 18.2 Å². The first kappa shape index (κ1) is 13.2. The molecule has 92 valence electrons. The van der Waals surface area contributed by atoms with Crippen molar-refractivity contribution < 1.29 is 13.5 Å². The van der Waals surface area contributed by atoms with Crippen molar-refractivity contribution in [3.8, 4) is 0 Å². The Morgan fingerprint density at radius 2 is 2.12 bits per heavy atom. The van der Waals surface area contributed by atoms with Crippen molar-refractivity contribution in [1.82, 2.24) is 8.87 Å². The van der Waals surface area contributed by atoms with Crippen LogP contribution in [-0.2, 0) is 17.1 Å². The van der Waals surface area contributed by atoms with E-state index in [0.29, 0.717) is 6.54 Å². The van der Waals surface area contributed by atoms with Gasteiger partial charge in [-0.15, -0.1) is 0 Å². The molecule has 0 radical (unpaired) electrons. The number of aliphatic hydroxyl groups is 1. The molecule has 0 fully saturated rings. The van der Waals surface area contributed by atoms with E-state index in [0.717, 1.165) is 6.42 Å². The summed E-state index contributed by atoms with van der Waals surface area (Å²) >= 11 is 0. The monoisotopic (exact) mass is 246 g/mol. The highest BCUT2D eigenvalue weighted by molar-refractivity contribution is 7.89. The van der Waals surface area contributed by atoms with E-state index in [-0.39, 0.29) is 18.0 Å². The normalized spacial score (nSPS) is 12.2. The molecule has 0 saturated carbocycles. The lowest BCUT2D eigenvalue weighted by molar-refractivity contribution is 0.253. The van der Waals surface area contributed by atoms with Crippen LogP contribution in [0.2, 0.25) is 0 Å². The fraction of sp³-hybridized carbons (Fsp3) is 0.600. The summed E-state index contributed by atoms with van der Waals surface area (Å²) in [6, 6.07) is 1.56. The lowest BCUT2D eigenvalue weighted by Crippen LogP contribution is -2.34. The first-order chi connectivity index (χ1) is 7.52. The average Bonchev–Trinajstić information content (AvgIpc) is 2.65. The van der Waals surface area contributed by atoms with Gasteiger partial charge in [-0.1, -0.05) is 6.92 Å². The van der Waals surface area contributed by atoms with Crippen molar-refractivity contribution in [3.63, 3.8) is 0 Å². The third-order valence-corrected chi connectivity index (χ3v) is 4.15. The Bertz CT molecular complexity index is 419. The molecule has 0 aliphatic carbocycles. The van der Waals surface area contributed by atoms with Gasteiger partial charge in [0, 0.05) is 32.5 Å². The zero-order valence-corrected chi connectivity index (χ0v) is 10.4. The van der Waals surface area contributed by atoms with Crippen molar-refractivity contribution in [1.29, 1.82) is 0 Å². The van der Waals surface area contributed by atoms with Crippen molar-refractivity contribution in [2.24, 2.45) is 7.05 Å². The van der Waals surface area contributed by atoms with E-state index in [9.17, 15) is 8.42 Å². The zero-order valence-electron chi connectivity index (χ0n) is 9.63. The van der Waals surface area contributed by atoms with Gasteiger partial charge in [-0.2, -0.15) is 4.31 Å². The third kappa shape index (κ3) is 2.84. The minimum Gasteiger partial charge on any atom is -0.395 e. The minimum absolute atomic E-state index is 0.144. The van der Waals surface area contributed by atoms with Crippen LogP contribution in [0.5, 0.6) is 0 Å². The summed E-state index contributed by atoms with van der Waals surface area (Å²) in [7, 11) is -1.68. The van der Waals surface area contributed by atoms with Crippen LogP contribution in [0.3, 0.4) is 0 Å². The van der Waals surface area contributed by atoms with Gasteiger partial charge in [0.1, 0.15) is 0 Å². The van der Waals surface area contributed by atoms with Gasteiger partial charge in [0.25, 0.3) is 0 Å². The number of aryl methyl sites for hydroxylation is 1. The van der Waals surface area contributed by atoms with Crippen LogP contribution in [0.4, 0.5) is 0 Å². The second-order valence-corrected chi connectivity index (χ2v) is 5.58. The highest BCUT2D eigenvalue weighted by Crippen LogP contribution is 2.15. The van der Waals surface area contributed by atoms with Crippen LogP contribution in [0.15, 0.2) is 23.4 Å². The van der Waals surface area contributed by atoms with E-state index in [1.54, 1.807) is 30.1 Å². The summed E-state index contributed by atoms with van der Waals surface area (Å²) in [4.78, 5) is 0.275. The van der Waals surface area contributed by atoms with Crippen LogP contribution < -0.4 is 0 Å². The Morgan fingerprint density at radius 1 is 1.44 bits per heavy atom. The summed E-state index contributed by atoms with van der Waals surface area (Å²) in [5.74, 6) is 0. The SMILES string of the molecule is CCCN(CCO)S(=O)(=O)c1ccn(C)c1. The number of rotatable bonds is 6. The van der Waals surface area contributed by atoms with Gasteiger partial charge in [0.2, 0.25) is 10.0 Å². The minimum atomic E-state index is -3.45. The number of sulfonamides is 1. The number of hydrogen-bond acceptors (Lipinski definition) is 3. The molecule has 0 aromatic carbocycles. The lowest BCUT2D eigenvalue weighted by Gasteiger charge is -2.19. The molecule has 0 saturated heterocycles. The largest absolute Gasteiger partial charge is 0.395 e. The van der Waals surface area contributed by atoms with Gasteiger partial charge in [-0.05, 0) is 12.5 Å². The van der Waals surface area contributed by atoms with E-state index in [1.165, 1.54) is 4.31 Å². The van der Waals surface area contributed by atoms with E-state index in [4.69, 9.17) is 5.11 Å². The number of nitrogens with zero attached hydrogens (tertiary/aromatic N) is 2. The molecule has 0 aliphatic rings. The van der Waals surface area contributed by atoms with Crippen molar-refractivity contribution >= 4 is 10.0 Å². The summed E-state index contributed by atoms with van der Waals surface area (Å²) in [5, 5.41) is 8.87. The predicted octanol–water partition coefficient (Wildman–Crippen LogP) is 0.418. The maximum atomic E-state index is 12.1. The van der Waals surface area contributed by atoms with Crippen LogP contribution in [0.1, 0.15) is 13.3 Å². The third-order valence-electron chi connectivity index (χ3n) is 2.27. The van der Waals surface area contributed by atoms with Gasteiger partial charge >= 0.3 is 0 Å². The van der Waals surface area contributed by atoms with Gasteiger partial charge in [-0.25, -0.2) is 8.42 Å². The van der Waals surface area contributed by atoms with E-state index in [2.05, 4.69) is 0 Å². The van der Waals surface area contributed by atoms with E-state index < -0.39 is 10.0 Å². The topological polar surface area (TPSA) is 62.5 Å². The molecule has 6 heteroatoms. The molecule has 0 aliphatic heterocycles. The summed E-state index contributed by atoms with van der Waals surface area (Å²) in [6.45, 7) is 2.32. The Labute approximate surface area is 96.4 Å². The van der Waals surface area contributed by atoms with Crippen molar-refractivity contribution in [2.75, 3.05) is 19.7 Å². The molecular weight excluding hydrogens is 228 g/mol. The quantitative estimate of drug-likeness (QED) is 0.791. The molecule has 1 heterocycles. The number of hydrogen-bond donors (Lipinski definition) is 1. The molecule has 1 aromatic heterocycles. The molecule has 0 unspecified atom stereocenters. The van der Waals surface area contributed by atoms with Crippen LogP contribution in [0.25, 0.3) is 0 Å². The Morgan fingerprint density at radius 3 is 2.56 bits per heavy atom. The van der Waals surface area contributed by atoms with Gasteiger partial charge in [0.05, 0.1) is 11.5 Å². The van der Waals surface area contributed by atoms with Crippen molar-refractivity contribution in [3.05, 3.63) is 18.5 Å². The molecule has 0 spiro atoms. The van der Waals surface area contributed by atoms with Crippen LogP contribution in [0, 0.1) is 0 Å². The first-order valence-electron chi connectivity index (χ1n) is 5.25. The standard InChI is InChI=1S/C10H18N2O3S/c1-3-5-12(7-8-13)16(14,15)10-4-6-11(2)9-10/h4,6,9,13H,3,5,7-8H2,1-2H3. The Hall–Kier alpha value is -0.850. The van der Waals surface area contributed by atoms with Crippen LogP contribution in [-0.4, -0.2) is 42.1 Å². The van der Waals surface area contributed by atoms with Gasteiger partial charge in [-0.3, -0.25) is 0 Å². The molecule has 0 atom stereocenters. The molecule has 1 N–H and O–H groups in total. The maximum absolute atomic E-state index is 12.1. The second-order valence-electron chi connectivity index (χ2n) is 3.64. The highest BCUT2D eigenvalue weighted by Gasteiger charge is 2.23. The molecule has 1 rings (SSSR count). The van der Waals surface area contributed by atoms with Crippen LogP contribution >= 0.6 is 0 Å². The molecule has 5 nitrogen and oxygen atoms in total. The molecule has 0 bridgehead atoms. The maximum Gasteiger partial charge on any atom is 0.244 e. The Balaban J connectivity index is 2.97. The zero-order chi connectivity index (χ0) is 12.2. The smallest absolute Gasteiger partial charge is 0.244 e. The summed E-state index contributed by atoms with van der Waals surface area (Å²) < 4.78 is 27.3. The molecule has 16 heavy (non-hydrogen) atoms. The van der Waals surface area contributed by atoms with E-state index in [1.807, 2.05) is 6.92 Å². The highest BCUT2D eigenvalue weighted by atomic mass is 32.2. The predicted molar refractivity (Wildman–Crippen MR) is 61.5 cm³/mol. The Kier molecular flexibility index (Phi) is 4.52. The van der Waals surface area contributed by atoms with Gasteiger partial charge < -0.3 is 9.67 Å². The van der Waals surface area contributed by atoms with Gasteiger partial charge in [0.15, 0.2) is 0 Å². The summed E-state index contributed by atoms with van der Waals surface area (Å²) in [5.41, 5.74) is 0. The lowest BCUT2D eigenvalue weighted by atomic mass is 10.5. The first-order valence-corrected chi connectivity index (χ1v) is 6.69. The number of aliphatic hydroxyl groups excluding tert-OH is 1. The summed E-state index contributed by atoms with van der Waals surface area (Å²) in [6.07, 6.45) is 3.98. The molecule has 0 amide bonds. The number of aromatic nitrogens is 1. The molecular formula is C10H18N2O3S. The molecule has 1 aromatic rings. The second kappa shape index (κ2) is 5.47. The average molecular weight is 246 g/mol.